The molecule has 1 aliphatic heterocycles. The molecule has 0 spiro atoms. The molecule has 138 valence electrons. The van der Waals surface area contributed by atoms with Gasteiger partial charge in [0.1, 0.15) is 5.76 Å². The minimum Gasteiger partial charge on any atom is -0.467 e. The lowest BCUT2D eigenvalue weighted by Crippen LogP contribution is -2.43. The summed E-state index contributed by atoms with van der Waals surface area (Å²) in [6.45, 7) is 1.97. The molecule has 1 aliphatic rings. The molecule has 0 saturated carbocycles. The van der Waals surface area contributed by atoms with E-state index >= 15 is 0 Å². The van der Waals surface area contributed by atoms with E-state index in [4.69, 9.17) is 4.42 Å². The molecule has 1 N–H and O–H groups in total. The van der Waals surface area contributed by atoms with Crippen LogP contribution >= 0.6 is 0 Å². The average molecular weight is 362 g/mol. The Morgan fingerprint density at radius 2 is 2.00 bits per heavy atom. The van der Waals surface area contributed by atoms with Crippen molar-refractivity contribution in [3.05, 3.63) is 66.6 Å². The lowest BCUT2D eigenvalue weighted by Gasteiger charge is -2.32. The van der Waals surface area contributed by atoms with Gasteiger partial charge in [0.25, 0.3) is 0 Å². The SMILES string of the molecule is O=C(NCc1ccco1)C1CCCN(c2ccc(-c3ccccc3)nn2)C1. The van der Waals surface area contributed by atoms with Crippen molar-refractivity contribution in [1.82, 2.24) is 15.5 Å². The zero-order valence-corrected chi connectivity index (χ0v) is 15.0. The molecule has 4 rings (SSSR count). The zero-order valence-electron chi connectivity index (χ0n) is 15.0. The van der Waals surface area contributed by atoms with Crippen LogP contribution in [-0.2, 0) is 11.3 Å². The molecule has 1 atom stereocenters. The number of carbonyl (C=O) groups is 1. The molecule has 0 radical (unpaired) electrons. The van der Waals surface area contributed by atoms with Crippen LogP contribution in [0.5, 0.6) is 0 Å². The van der Waals surface area contributed by atoms with Crippen LogP contribution < -0.4 is 10.2 Å². The highest BCUT2D eigenvalue weighted by Crippen LogP contribution is 2.23. The maximum Gasteiger partial charge on any atom is 0.225 e. The molecule has 1 aromatic carbocycles. The summed E-state index contributed by atoms with van der Waals surface area (Å²) in [6.07, 6.45) is 3.46. The largest absolute Gasteiger partial charge is 0.467 e. The van der Waals surface area contributed by atoms with Crippen molar-refractivity contribution < 1.29 is 9.21 Å². The Hall–Kier alpha value is -3.15. The summed E-state index contributed by atoms with van der Waals surface area (Å²) in [5, 5.41) is 11.7. The van der Waals surface area contributed by atoms with Crippen molar-refractivity contribution in [2.45, 2.75) is 19.4 Å². The highest BCUT2D eigenvalue weighted by atomic mass is 16.3. The monoisotopic (exact) mass is 362 g/mol. The summed E-state index contributed by atoms with van der Waals surface area (Å²) in [4.78, 5) is 14.6. The molecule has 27 heavy (non-hydrogen) atoms. The number of benzene rings is 1. The van der Waals surface area contributed by atoms with Crippen LogP contribution in [0, 0.1) is 5.92 Å². The molecule has 1 amide bonds. The van der Waals surface area contributed by atoms with Crippen molar-refractivity contribution in [2.75, 3.05) is 18.0 Å². The lowest BCUT2D eigenvalue weighted by molar-refractivity contribution is -0.125. The molecule has 2 aromatic heterocycles. The van der Waals surface area contributed by atoms with Crippen LogP contribution in [0.3, 0.4) is 0 Å². The molecule has 3 heterocycles. The molecule has 3 aromatic rings. The number of piperidine rings is 1. The second-order valence-electron chi connectivity index (χ2n) is 6.73. The maximum absolute atomic E-state index is 12.5. The quantitative estimate of drug-likeness (QED) is 0.754. The molecular weight excluding hydrogens is 340 g/mol. The van der Waals surface area contributed by atoms with E-state index in [1.54, 1.807) is 6.26 Å². The topological polar surface area (TPSA) is 71.3 Å². The number of furan rings is 1. The van der Waals surface area contributed by atoms with Gasteiger partial charge < -0.3 is 14.6 Å². The summed E-state index contributed by atoms with van der Waals surface area (Å²) in [5.41, 5.74) is 1.90. The first-order valence-corrected chi connectivity index (χ1v) is 9.24. The van der Waals surface area contributed by atoms with Gasteiger partial charge in [-0.3, -0.25) is 4.79 Å². The van der Waals surface area contributed by atoms with E-state index in [0.717, 1.165) is 42.2 Å². The predicted molar refractivity (Wildman–Crippen MR) is 103 cm³/mol. The first-order chi connectivity index (χ1) is 13.3. The van der Waals surface area contributed by atoms with Gasteiger partial charge in [0.05, 0.1) is 24.4 Å². The molecule has 6 nitrogen and oxygen atoms in total. The van der Waals surface area contributed by atoms with Gasteiger partial charge in [0, 0.05) is 18.7 Å². The van der Waals surface area contributed by atoms with Crippen molar-refractivity contribution in [1.29, 1.82) is 0 Å². The van der Waals surface area contributed by atoms with E-state index in [2.05, 4.69) is 20.4 Å². The Labute approximate surface area is 158 Å². The van der Waals surface area contributed by atoms with Crippen LogP contribution in [0.25, 0.3) is 11.3 Å². The molecule has 1 fully saturated rings. The van der Waals surface area contributed by atoms with Crippen molar-refractivity contribution in [3.8, 4) is 11.3 Å². The number of carbonyl (C=O) groups excluding carboxylic acids is 1. The third-order valence-electron chi connectivity index (χ3n) is 4.85. The van der Waals surface area contributed by atoms with Gasteiger partial charge >= 0.3 is 0 Å². The maximum atomic E-state index is 12.5. The van der Waals surface area contributed by atoms with Gasteiger partial charge in [-0.05, 0) is 37.1 Å². The van der Waals surface area contributed by atoms with Gasteiger partial charge in [0.15, 0.2) is 5.82 Å². The number of rotatable bonds is 5. The van der Waals surface area contributed by atoms with Crippen LogP contribution in [-0.4, -0.2) is 29.2 Å². The molecule has 6 heteroatoms. The van der Waals surface area contributed by atoms with Gasteiger partial charge in [-0.15, -0.1) is 10.2 Å². The van der Waals surface area contributed by atoms with Crippen LogP contribution in [0.15, 0.2) is 65.3 Å². The Bertz CT molecular complexity index is 863. The number of nitrogens with zero attached hydrogens (tertiary/aromatic N) is 3. The van der Waals surface area contributed by atoms with E-state index in [0.29, 0.717) is 13.1 Å². The van der Waals surface area contributed by atoms with Crippen molar-refractivity contribution in [3.63, 3.8) is 0 Å². The van der Waals surface area contributed by atoms with Crippen molar-refractivity contribution >= 4 is 11.7 Å². The van der Waals surface area contributed by atoms with E-state index in [9.17, 15) is 4.79 Å². The molecule has 1 unspecified atom stereocenters. The summed E-state index contributed by atoms with van der Waals surface area (Å²) in [7, 11) is 0. The van der Waals surface area contributed by atoms with Crippen molar-refractivity contribution in [2.24, 2.45) is 5.92 Å². The molecule has 1 saturated heterocycles. The first kappa shape index (κ1) is 17.3. The standard InChI is InChI=1S/C21H22N4O2/c26-21(22-14-18-9-5-13-27-18)17-8-4-12-25(15-17)20-11-10-19(23-24-20)16-6-2-1-3-7-16/h1-3,5-7,9-11,13,17H,4,8,12,14-15H2,(H,22,26). The van der Waals surface area contributed by atoms with Gasteiger partial charge in [0.2, 0.25) is 5.91 Å². The highest BCUT2D eigenvalue weighted by Gasteiger charge is 2.26. The second-order valence-corrected chi connectivity index (χ2v) is 6.73. The fourth-order valence-electron chi connectivity index (χ4n) is 3.39. The minimum atomic E-state index is -0.0516. The second kappa shape index (κ2) is 8.03. The molecular formula is C21H22N4O2. The normalized spacial score (nSPS) is 16.9. The summed E-state index contributed by atoms with van der Waals surface area (Å²) >= 11 is 0. The lowest BCUT2D eigenvalue weighted by atomic mass is 9.97. The molecule has 0 bridgehead atoms. The van der Waals surface area contributed by atoms with Gasteiger partial charge in [-0.25, -0.2) is 0 Å². The van der Waals surface area contributed by atoms with Crippen LogP contribution in [0.2, 0.25) is 0 Å². The number of aromatic nitrogens is 2. The average Bonchev–Trinajstić information content (AvgIpc) is 3.27. The third kappa shape index (κ3) is 4.16. The van der Waals surface area contributed by atoms with E-state index in [-0.39, 0.29) is 11.8 Å². The zero-order chi connectivity index (χ0) is 18.5. The summed E-state index contributed by atoms with van der Waals surface area (Å²) in [5.74, 6) is 1.59. The number of nitrogens with one attached hydrogen (secondary N) is 1. The van der Waals surface area contributed by atoms with Crippen LogP contribution in [0.1, 0.15) is 18.6 Å². The summed E-state index contributed by atoms with van der Waals surface area (Å²) in [6, 6.07) is 17.6. The fraction of sp³-hybridized carbons (Fsp3) is 0.286. The third-order valence-corrected chi connectivity index (χ3v) is 4.85. The minimum absolute atomic E-state index is 0.0516. The smallest absolute Gasteiger partial charge is 0.225 e. The number of hydrogen-bond donors (Lipinski definition) is 1. The van der Waals surface area contributed by atoms with E-state index in [1.165, 1.54) is 0 Å². The van der Waals surface area contributed by atoms with E-state index < -0.39 is 0 Å². The Morgan fingerprint density at radius 1 is 1.11 bits per heavy atom. The fourth-order valence-corrected chi connectivity index (χ4v) is 3.39. The Morgan fingerprint density at radius 3 is 2.74 bits per heavy atom. The molecule has 0 aliphatic carbocycles. The Kier molecular flexibility index (Phi) is 5.14. The van der Waals surface area contributed by atoms with E-state index in [1.807, 2.05) is 54.6 Å². The Balaban J connectivity index is 1.38. The van der Waals surface area contributed by atoms with Crippen LogP contribution in [0.4, 0.5) is 5.82 Å². The predicted octanol–water partition coefficient (Wildman–Crippen LogP) is 3.27. The number of hydrogen-bond acceptors (Lipinski definition) is 5. The van der Waals surface area contributed by atoms with Gasteiger partial charge in [-0.2, -0.15) is 0 Å². The number of anilines is 1. The van der Waals surface area contributed by atoms with Gasteiger partial charge in [-0.1, -0.05) is 30.3 Å². The highest BCUT2D eigenvalue weighted by molar-refractivity contribution is 5.79. The number of amides is 1. The first-order valence-electron chi connectivity index (χ1n) is 9.24. The summed E-state index contributed by atoms with van der Waals surface area (Å²) < 4.78 is 5.27.